The van der Waals surface area contributed by atoms with Gasteiger partial charge in [-0.25, -0.2) is 4.98 Å². The largest absolute Gasteiger partial charge is 0.306 e. The summed E-state index contributed by atoms with van der Waals surface area (Å²) < 4.78 is 4.70. The summed E-state index contributed by atoms with van der Waals surface area (Å²) in [7, 11) is 0. The third-order valence-corrected chi connectivity index (χ3v) is 4.95. The second-order valence-electron chi connectivity index (χ2n) is 5.66. The van der Waals surface area contributed by atoms with Gasteiger partial charge in [-0.05, 0) is 51.8 Å². The lowest BCUT2D eigenvalue weighted by Crippen LogP contribution is -2.24. The number of fused-ring (bicyclic) bond motifs is 1. The van der Waals surface area contributed by atoms with Crippen LogP contribution in [0.4, 0.5) is 0 Å². The Bertz CT molecular complexity index is 1110. The predicted octanol–water partition coefficient (Wildman–Crippen LogP) is 4.77. The Morgan fingerprint density at radius 3 is 2.40 bits per heavy atom. The number of hydrogen-bond donors (Lipinski definition) is 1. The van der Waals surface area contributed by atoms with Gasteiger partial charge in [-0.3, -0.25) is 9.98 Å². The first kappa shape index (κ1) is 16.1. The molecule has 0 bridgehead atoms. The van der Waals surface area contributed by atoms with Crippen LogP contribution in [0.3, 0.4) is 0 Å². The number of nitrogens with one attached hydrogen (secondary N) is 1. The Hall–Kier alpha value is -2.37. The fourth-order valence-corrected chi connectivity index (χ4v) is 3.35. The summed E-state index contributed by atoms with van der Waals surface area (Å²) in [5, 5.41) is 9.42. The number of imidazole rings is 1. The molecule has 0 aliphatic carbocycles. The van der Waals surface area contributed by atoms with Crippen molar-refractivity contribution in [3.05, 3.63) is 87.5 Å². The fraction of sp³-hybridized carbons (Fsp3) is 0.0526. The summed E-state index contributed by atoms with van der Waals surface area (Å²) in [4.78, 5) is 4.45. The van der Waals surface area contributed by atoms with Crippen LogP contribution < -0.4 is 5.62 Å². The highest BCUT2D eigenvalue weighted by Gasteiger charge is 2.14. The zero-order chi connectivity index (χ0) is 17.4. The number of pyridine rings is 1. The van der Waals surface area contributed by atoms with E-state index in [-0.39, 0.29) is 0 Å². The van der Waals surface area contributed by atoms with E-state index in [1.807, 2.05) is 69.8 Å². The lowest BCUT2D eigenvalue weighted by atomic mass is 10.2. The van der Waals surface area contributed by atoms with Crippen molar-refractivity contribution in [3.8, 4) is 5.82 Å². The Labute approximate surface area is 158 Å². The van der Waals surface area contributed by atoms with Gasteiger partial charge in [0.25, 0.3) is 0 Å². The molecule has 4 rings (SSSR count). The SMILES string of the molecule is N=c1n(Cc2ccccc2Cl)c2ccccc2n1-c1ccc(Br)cn1. The molecule has 1 N–H and O–H groups in total. The lowest BCUT2D eigenvalue weighted by Gasteiger charge is -2.07. The summed E-state index contributed by atoms with van der Waals surface area (Å²) in [5.74, 6) is 0.710. The Balaban J connectivity index is 1.94. The molecule has 0 spiro atoms. The molecule has 0 amide bonds. The van der Waals surface area contributed by atoms with Crippen molar-refractivity contribution < 1.29 is 0 Å². The summed E-state index contributed by atoms with van der Waals surface area (Å²) in [6.45, 7) is 0.530. The monoisotopic (exact) mass is 412 g/mol. The van der Waals surface area contributed by atoms with Gasteiger partial charge in [0.05, 0.1) is 17.6 Å². The third kappa shape index (κ3) is 2.90. The molecule has 25 heavy (non-hydrogen) atoms. The molecule has 124 valence electrons. The van der Waals surface area contributed by atoms with Gasteiger partial charge in [0.1, 0.15) is 5.82 Å². The van der Waals surface area contributed by atoms with Crippen molar-refractivity contribution in [2.75, 3.05) is 0 Å². The minimum absolute atomic E-state index is 0.357. The van der Waals surface area contributed by atoms with E-state index in [9.17, 15) is 0 Å². The number of para-hydroxylation sites is 2. The Kier molecular flexibility index (Phi) is 4.19. The van der Waals surface area contributed by atoms with Crippen molar-refractivity contribution in [2.24, 2.45) is 0 Å². The predicted molar refractivity (Wildman–Crippen MR) is 103 cm³/mol. The molecule has 2 aromatic carbocycles. The average Bonchev–Trinajstić information content (AvgIpc) is 2.90. The first-order valence-electron chi connectivity index (χ1n) is 7.75. The molecule has 0 radical (unpaired) electrons. The van der Waals surface area contributed by atoms with Crippen LogP contribution in [-0.4, -0.2) is 14.1 Å². The van der Waals surface area contributed by atoms with Crippen molar-refractivity contribution in [1.82, 2.24) is 14.1 Å². The van der Waals surface area contributed by atoms with Crippen LogP contribution in [0.15, 0.2) is 71.3 Å². The van der Waals surface area contributed by atoms with Crippen LogP contribution in [0, 0.1) is 5.41 Å². The second-order valence-corrected chi connectivity index (χ2v) is 6.98. The molecule has 0 aliphatic heterocycles. The van der Waals surface area contributed by atoms with E-state index in [4.69, 9.17) is 17.0 Å². The first-order chi connectivity index (χ1) is 12.1. The molecule has 2 heterocycles. The zero-order valence-electron chi connectivity index (χ0n) is 13.2. The molecular formula is C19H14BrClN4. The number of rotatable bonds is 3. The number of halogens is 2. The quantitative estimate of drug-likeness (QED) is 0.516. The topological polar surface area (TPSA) is 46.6 Å². The number of aromatic nitrogens is 3. The van der Waals surface area contributed by atoms with Crippen molar-refractivity contribution in [2.45, 2.75) is 6.54 Å². The Morgan fingerprint density at radius 2 is 1.68 bits per heavy atom. The van der Waals surface area contributed by atoms with Crippen LogP contribution in [0.2, 0.25) is 5.02 Å². The van der Waals surface area contributed by atoms with Crippen molar-refractivity contribution in [3.63, 3.8) is 0 Å². The van der Waals surface area contributed by atoms with E-state index in [0.717, 1.165) is 21.1 Å². The van der Waals surface area contributed by atoms with Gasteiger partial charge in [0.15, 0.2) is 0 Å². The van der Waals surface area contributed by atoms with Crippen molar-refractivity contribution >= 4 is 38.6 Å². The maximum atomic E-state index is 8.72. The summed E-state index contributed by atoms with van der Waals surface area (Å²) in [6.07, 6.45) is 1.74. The molecule has 4 nitrogen and oxygen atoms in total. The summed E-state index contributed by atoms with van der Waals surface area (Å²) >= 11 is 9.73. The first-order valence-corrected chi connectivity index (χ1v) is 8.92. The van der Waals surface area contributed by atoms with Gasteiger partial charge in [0.2, 0.25) is 5.62 Å². The zero-order valence-corrected chi connectivity index (χ0v) is 15.5. The number of hydrogen-bond acceptors (Lipinski definition) is 2. The molecule has 0 saturated carbocycles. The summed E-state index contributed by atoms with van der Waals surface area (Å²) in [5.41, 5.74) is 3.25. The van der Waals surface area contributed by atoms with E-state index in [0.29, 0.717) is 23.0 Å². The van der Waals surface area contributed by atoms with E-state index in [1.54, 1.807) is 6.20 Å². The molecule has 0 aliphatic rings. The van der Waals surface area contributed by atoms with Gasteiger partial charge in [0, 0.05) is 15.7 Å². The highest BCUT2D eigenvalue weighted by Crippen LogP contribution is 2.21. The van der Waals surface area contributed by atoms with Gasteiger partial charge < -0.3 is 4.57 Å². The fourth-order valence-electron chi connectivity index (χ4n) is 2.92. The van der Waals surface area contributed by atoms with E-state index in [2.05, 4.69) is 20.9 Å². The van der Waals surface area contributed by atoms with Gasteiger partial charge in [-0.15, -0.1) is 0 Å². The van der Waals surface area contributed by atoms with E-state index >= 15 is 0 Å². The highest BCUT2D eigenvalue weighted by atomic mass is 79.9. The van der Waals surface area contributed by atoms with Gasteiger partial charge in [-0.2, -0.15) is 0 Å². The highest BCUT2D eigenvalue weighted by molar-refractivity contribution is 9.10. The molecule has 0 unspecified atom stereocenters. The maximum absolute atomic E-state index is 8.72. The standard InChI is InChI=1S/C19H14BrClN4/c20-14-9-10-18(23-11-14)25-17-8-4-3-7-16(17)24(19(25)22)12-13-5-1-2-6-15(13)21/h1-11,22H,12H2. The average molecular weight is 414 g/mol. The normalized spacial score (nSPS) is 11.1. The van der Waals surface area contributed by atoms with Crippen LogP contribution in [0.5, 0.6) is 0 Å². The van der Waals surface area contributed by atoms with Gasteiger partial charge in [-0.1, -0.05) is 41.9 Å². The number of nitrogens with zero attached hydrogens (tertiary/aromatic N) is 3. The minimum Gasteiger partial charge on any atom is -0.306 e. The maximum Gasteiger partial charge on any atom is 0.209 e. The number of benzene rings is 2. The van der Waals surface area contributed by atoms with Crippen LogP contribution in [-0.2, 0) is 6.54 Å². The molecule has 4 aromatic rings. The molecule has 6 heteroatoms. The minimum atomic E-state index is 0.357. The second kappa shape index (κ2) is 6.50. The van der Waals surface area contributed by atoms with Crippen molar-refractivity contribution in [1.29, 1.82) is 5.41 Å². The lowest BCUT2D eigenvalue weighted by molar-refractivity contribution is 0.718. The van der Waals surface area contributed by atoms with Crippen LogP contribution in [0.25, 0.3) is 16.9 Å². The van der Waals surface area contributed by atoms with Gasteiger partial charge >= 0.3 is 0 Å². The third-order valence-electron chi connectivity index (χ3n) is 4.11. The van der Waals surface area contributed by atoms with Crippen LogP contribution in [0.1, 0.15) is 5.56 Å². The molecule has 2 aromatic heterocycles. The molecule has 0 saturated heterocycles. The molecule has 0 fully saturated rings. The Morgan fingerprint density at radius 1 is 0.960 bits per heavy atom. The summed E-state index contributed by atoms with van der Waals surface area (Å²) in [6, 6.07) is 19.5. The molecular weight excluding hydrogens is 400 g/mol. The van der Waals surface area contributed by atoms with E-state index < -0.39 is 0 Å². The van der Waals surface area contributed by atoms with Crippen LogP contribution >= 0.6 is 27.5 Å². The smallest absolute Gasteiger partial charge is 0.209 e. The molecule has 0 atom stereocenters. The van der Waals surface area contributed by atoms with E-state index in [1.165, 1.54) is 0 Å².